The molecule has 0 aromatic carbocycles. The summed E-state index contributed by atoms with van der Waals surface area (Å²) in [4.78, 5) is 15.7. The van der Waals surface area contributed by atoms with Gasteiger partial charge in [-0.2, -0.15) is 0 Å². The first-order valence-electron chi connectivity index (χ1n) is 4.89. The van der Waals surface area contributed by atoms with Gasteiger partial charge in [0.1, 0.15) is 5.15 Å². The lowest BCUT2D eigenvalue weighted by Crippen LogP contribution is -2.42. The van der Waals surface area contributed by atoms with E-state index in [4.69, 9.17) is 11.6 Å². The average Bonchev–Trinajstić information content (AvgIpc) is 2.17. The Balaban J connectivity index is 2.83. The zero-order valence-electron chi connectivity index (χ0n) is 9.17. The zero-order chi connectivity index (χ0) is 11.5. The van der Waals surface area contributed by atoms with Crippen molar-refractivity contribution in [2.45, 2.75) is 32.7 Å². The fourth-order valence-electron chi connectivity index (χ4n) is 1.02. The highest BCUT2D eigenvalue weighted by molar-refractivity contribution is 6.32. The highest BCUT2D eigenvalue weighted by Crippen LogP contribution is 2.14. The van der Waals surface area contributed by atoms with Crippen LogP contribution >= 0.6 is 11.6 Å². The molecular formula is C11H15ClN2O. The molecule has 0 unspecified atom stereocenters. The second kappa shape index (κ2) is 4.62. The zero-order valence-corrected chi connectivity index (χ0v) is 9.93. The van der Waals surface area contributed by atoms with Gasteiger partial charge < -0.3 is 5.32 Å². The summed E-state index contributed by atoms with van der Waals surface area (Å²) in [6, 6.07) is 3.36. The van der Waals surface area contributed by atoms with Crippen LogP contribution in [0.4, 0.5) is 0 Å². The van der Waals surface area contributed by atoms with Gasteiger partial charge in [-0.05, 0) is 32.4 Å². The van der Waals surface area contributed by atoms with Crippen LogP contribution in [0, 0.1) is 0 Å². The number of pyridine rings is 1. The molecule has 1 amide bonds. The van der Waals surface area contributed by atoms with Crippen molar-refractivity contribution in [1.82, 2.24) is 10.3 Å². The van der Waals surface area contributed by atoms with E-state index in [0.717, 1.165) is 6.42 Å². The Morgan fingerprint density at radius 2 is 2.27 bits per heavy atom. The van der Waals surface area contributed by atoms with Crippen molar-refractivity contribution in [1.29, 1.82) is 0 Å². The molecule has 82 valence electrons. The molecular weight excluding hydrogens is 212 g/mol. The average molecular weight is 227 g/mol. The predicted molar refractivity (Wildman–Crippen MR) is 61.1 cm³/mol. The number of aromatic nitrogens is 1. The van der Waals surface area contributed by atoms with Crippen molar-refractivity contribution >= 4 is 17.5 Å². The third kappa shape index (κ3) is 3.20. The minimum Gasteiger partial charge on any atom is -0.347 e. The summed E-state index contributed by atoms with van der Waals surface area (Å²) in [5.41, 5.74) is 0.191. The van der Waals surface area contributed by atoms with Gasteiger partial charge in [-0.3, -0.25) is 4.79 Å². The lowest BCUT2D eigenvalue weighted by Gasteiger charge is -2.24. The standard InChI is InChI=1S/C11H15ClN2O/c1-4-11(2,3)14-10(15)8-6-5-7-13-9(8)12/h5-7H,4H2,1-3H3,(H,14,15). The molecule has 0 spiro atoms. The Hall–Kier alpha value is -1.09. The molecule has 0 radical (unpaired) electrons. The lowest BCUT2D eigenvalue weighted by molar-refractivity contribution is 0.0911. The van der Waals surface area contributed by atoms with Crippen LogP contribution in [0.15, 0.2) is 18.3 Å². The van der Waals surface area contributed by atoms with E-state index < -0.39 is 0 Å². The Bertz CT molecular complexity index is 363. The smallest absolute Gasteiger partial charge is 0.254 e. The van der Waals surface area contributed by atoms with Gasteiger partial charge in [0.05, 0.1) is 5.56 Å². The second-order valence-corrected chi connectivity index (χ2v) is 4.39. The van der Waals surface area contributed by atoms with E-state index in [1.165, 1.54) is 0 Å². The maximum absolute atomic E-state index is 11.8. The van der Waals surface area contributed by atoms with E-state index in [-0.39, 0.29) is 16.6 Å². The second-order valence-electron chi connectivity index (χ2n) is 4.03. The van der Waals surface area contributed by atoms with E-state index in [2.05, 4.69) is 10.3 Å². The van der Waals surface area contributed by atoms with Crippen molar-refractivity contribution in [3.63, 3.8) is 0 Å². The molecule has 15 heavy (non-hydrogen) atoms. The molecule has 0 fully saturated rings. The van der Waals surface area contributed by atoms with Crippen LogP contribution < -0.4 is 5.32 Å². The summed E-state index contributed by atoms with van der Waals surface area (Å²) < 4.78 is 0. The van der Waals surface area contributed by atoms with Crippen LogP contribution in [0.5, 0.6) is 0 Å². The van der Waals surface area contributed by atoms with E-state index in [1.807, 2.05) is 20.8 Å². The molecule has 1 rings (SSSR count). The summed E-state index contributed by atoms with van der Waals surface area (Å²) in [5.74, 6) is -0.181. The van der Waals surface area contributed by atoms with Crippen molar-refractivity contribution in [2.24, 2.45) is 0 Å². The minimum absolute atomic E-state index is 0.181. The van der Waals surface area contributed by atoms with Gasteiger partial charge in [-0.25, -0.2) is 4.98 Å². The molecule has 0 aliphatic carbocycles. The van der Waals surface area contributed by atoms with Crippen LogP contribution in [0.25, 0.3) is 0 Å². The van der Waals surface area contributed by atoms with Gasteiger partial charge in [0.25, 0.3) is 5.91 Å². The third-order valence-corrected chi connectivity index (χ3v) is 2.64. The van der Waals surface area contributed by atoms with E-state index in [9.17, 15) is 4.79 Å². The number of amides is 1. The highest BCUT2D eigenvalue weighted by atomic mass is 35.5. The maximum Gasteiger partial charge on any atom is 0.254 e. The van der Waals surface area contributed by atoms with Crippen molar-refractivity contribution < 1.29 is 4.79 Å². The lowest BCUT2D eigenvalue weighted by atomic mass is 10.0. The van der Waals surface area contributed by atoms with Crippen LogP contribution in [0.3, 0.4) is 0 Å². The SMILES string of the molecule is CCC(C)(C)NC(=O)c1cccnc1Cl. The Kier molecular flexibility index (Phi) is 3.69. The first-order valence-corrected chi connectivity index (χ1v) is 5.27. The third-order valence-electron chi connectivity index (χ3n) is 2.34. The molecule has 3 nitrogen and oxygen atoms in total. The number of halogens is 1. The molecule has 0 aliphatic rings. The van der Waals surface area contributed by atoms with Gasteiger partial charge in [0, 0.05) is 11.7 Å². The van der Waals surface area contributed by atoms with Gasteiger partial charge in [0.15, 0.2) is 0 Å². The number of rotatable bonds is 3. The predicted octanol–water partition coefficient (Wildman–Crippen LogP) is 2.65. The van der Waals surface area contributed by atoms with Crippen LogP contribution in [-0.4, -0.2) is 16.4 Å². The number of carbonyl (C=O) groups is 1. The van der Waals surface area contributed by atoms with Crippen molar-refractivity contribution in [3.8, 4) is 0 Å². The number of hydrogen-bond donors (Lipinski definition) is 1. The minimum atomic E-state index is -0.226. The quantitative estimate of drug-likeness (QED) is 0.806. The van der Waals surface area contributed by atoms with E-state index in [1.54, 1.807) is 18.3 Å². The molecule has 0 atom stereocenters. The van der Waals surface area contributed by atoms with Gasteiger partial charge in [0.2, 0.25) is 0 Å². The fourth-order valence-corrected chi connectivity index (χ4v) is 1.22. The number of carbonyl (C=O) groups excluding carboxylic acids is 1. The summed E-state index contributed by atoms with van der Waals surface area (Å²) in [6.45, 7) is 5.95. The highest BCUT2D eigenvalue weighted by Gasteiger charge is 2.20. The Labute approximate surface area is 94.9 Å². The molecule has 0 bridgehead atoms. The molecule has 0 saturated heterocycles. The Morgan fingerprint density at radius 1 is 1.60 bits per heavy atom. The van der Waals surface area contributed by atoms with Gasteiger partial charge >= 0.3 is 0 Å². The first kappa shape index (κ1) is 12.0. The van der Waals surface area contributed by atoms with Crippen molar-refractivity contribution in [2.75, 3.05) is 0 Å². The largest absolute Gasteiger partial charge is 0.347 e. The molecule has 0 saturated carbocycles. The van der Waals surface area contributed by atoms with Crippen LogP contribution in [0.2, 0.25) is 5.15 Å². The Morgan fingerprint density at radius 3 is 2.80 bits per heavy atom. The molecule has 1 heterocycles. The molecule has 1 aromatic heterocycles. The summed E-state index contributed by atoms with van der Waals surface area (Å²) in [5, 5.41) is 3.14. The molecule has 0 aliphatic heterocycles. The van der Waals surface area contributed by atoms with Crippen LogP contribution in [-0.2, 0) is 0 Å². The number of nitrogens with zero attached hydrogens (tertiary/aromatic N) is 1. The molecule has 4 heteroatoms. The summed E-state index contributed by atoms with van der Waals surface area (Å²) >= 11 is 5.82. The topological polar surface area (TPSA) is 42.0 Å². The monoisotopic (exact) mass is 226 g/mol. The van der Waals surface area contributed by atoms with Crippen LogP contribution in [0.1, 0.15) is 37.6 Å². The van der Waals surface area contributed by atoms with Gasteiger partial charge in [-0.1, -0.05) is 18.5 Å². The van der Waals surface area contributed by atoms with E-state index >= 15 is 0 Å². The first-order chi connectivity index (χ1) is 6.96. The summed E-state index contributed by atoms with van der Waals surface area (Å²) in [7, 11) is 0. The van der Waals surface area contributed by atoms with Gasteiger partial charge in [-0.15, -0.1) is 0 Å². The fraction of sp³-hybridized carbons (Fsp3) is 0.455. The van der Waals surface area contributed by atoms with Crippen molar-refractivity contribution in [3.05, 3.63) is 29.0 Å². The summed E-state index contributed by atoms with van der Waals surface area (Å²) in [6.07, 6.45) is 2.42. The molecule has 1 N–H and O–H groups in total. The normalized spacial score (nSPS) is 11.2. The number of nitrogens with one attached hydrogen (secondary N) is 1. The molecule has 1 aromatic rings. The van der Waals surface area contributed by atoms with E-state index in [0.29, 0.717) is 5.56 Å². The number of hydrogen-bond acceptors (Lipinski definition) is 2. The maximum atomic E-state index is 11.8.